The summed E-state index contributed by atoms with van der Waals surface area (Å²) in [5.74, 6) is -0.0245. The van der Waals surface area contributed by atoms with Gasteiger partial charge in [-0.25, -0.2) is 4.68 Å². The summed E-state index contributed by atoms with van der Waals surface area (Å²) < 4.78 is 1.87. The van der Waals surface area contributed by atoms with Gasteiger partial charge in [-0.2, -0.15) is 5.10 Å². The Morgan fingerprint density at radius 1 is 1.15 bits per heavy atom. The molecule has 0 aliphatic carbocycles. The highest BCUT2D eigenvalue weighted by Crippen LogP contribution is 2.16. The fourth-order valence-corrected chi connectivity index (χ4v) is 3.48. The number of nitrogens with zero attached hydrogens (tertiary/aromatic N) is 4. The minimum atomic E-state index is -0.0245. The number of hydrogen-bond acceptors (Lipinski definition) is 4. The molecule has 3 rings (SSSR count). The fourth-order valence-electron chi connectivity index (χ4n) is 3.48. The van der Waals surface area contributed by atoms with Crippen LogP contribution in [0.25, 0.3) is 5.69 Å². The Kier molecular flexibility index (Phi) is 6.63. The molecule has 0 unspecified atom stereocenters. The van der Waals surface area contributed by atoms with Crippen LogP contribution in [0.15, 0.2) is 30.5 Å². The van der Waals surface area contributed by atoms with Crippen molar-refractivity contribution < 1.29 is 4.79 Å². The molecule has 1 aliphatic heterocycles. The number of likely N-dealkylation sites (N-methyl/N-ethyl adjacent to an activating group) is 1. The Morgan fingerprint density at radius 3 is 2.52 bits per heavy atom. The number of carbonyl (C=O) groups excluding carboxylic acids is 1. The van der Waals surface area contributed by atoms with Crippen molar-refractivity contribution in [3.63, 3.8) is 0 Å². The van der Waals surface area contributed by atoms with Crippen molar-refractivity contribution in [1.82, 2.24) is 24.9 Å². The summed E-state index contributed by atoms with van der Waals surface area (Å²) in [4.78, 5) is 17.5. The van der Waals surface area contributed by atoms with E-state index in [2.05, 4.69) is 53.2 Å². The van der Waals surface area contributed by atoms with E-state index < -0.39 is 0 Å². The van der Waals surface area contributed by atoms with E-state index in [9.17, 15) is 4.79 Å². The van der Waals surface area contributed by atoms with E-state index in [1.165, 1.54) is 5.56 Å². The number of nitrogens with one attached hydrogen (secondary N) is 1. The number of piperazine rings is 1. The fraction of sp³-hybridized carbons (Fsp3) is 0.524. The lowest BCUT2D eigenvalue weighted by Gasteiger charge is -2.32. The maximum absolute atomic E-state index is 12.6. The maximum atomic E-state index is 12.6. The van der Waals surface area contributed by atoms with E-state index in [1.807, 2.05) is 16.8 Å². The van der Waals surface area contributed by atoms with Crippen molar-refractivity contribution in [1.29, 1.82) is 0 Å². The lowest BCUT2D eigenvalue weighted by atomic mass is 10.1. The predicted octanol–water partition coefficient (Wildman–Crippen LogP) is 2.11. The van der Waals surface area contributed by atoms with Gasteiger partial charge >= 0.3 is 0 Å². The van der Waals surface area contributed by atoms with Crippen LogP contribution in [-0.4, -0.2) is 71.8 Å². The average molecular weight is 370 g/mol. The van der Waals surface area contributed by atoms with Crippen LogP contribution >= 0.6 is 0 Å². The Labute approximate surface area is 162 Å². The van der Waals surface area contributed by atoms with Crippen molar-refractivity contribution >= 4 is 5.91 Å². The molecule has 1 saturated heterocycles. The zero-order chi connectivity index (χ0) is 19.2. The molecule has 1 aliphatic rings. The number of rotatable bonds is 7. The van der Waals surface area contributed by atoms with E-state index in [-0.39, 0.29) is 5.91 Å². The third kappa shape index (κ3) is 4.96. The van der Waals surface area contributed by atoms with Crippen molar-refractivity contribution in [2.45, 2.75) is 26.7 Å². The van der Waals surface area contributed by atoms with E-state index >= 15 is 0 Å². The Morgan fingerprint density at radius 2 is 1.85 bits per heavy atom. The SMILES string of the molecule is CCc1c(C(=O)NCCCN2CCN(C)CC2)cnn1-c1ccc(C)cc1. The van der Waals surface area contributed by atoms with E-state index in [0.29, 0.717) is 12.1 Å². The molecule has 1 amide bonds. The van der Waals surface area contributed by atoms with Crippen LogP contribution < -0.4 is 5.32 Å². The molecule has 0 radical (unpaired) electrons. The van der Waals surface area contributed by atoms with Gasteiger partial charge in [-0.15, -0.1) is 0 Å². The molecule has 6 heteroatoms. The smallest absolute Gasteiger partial charge is 0.254 e. The summed E-state index contributed by atoms with van der Waals surface area (Å²) in [7, 11) is 2.17. The second-order valence-corrected chi connectivity index (χ2v) is 7.36. The van der Waals surface area contributed by atoms with Gasteiger partial charge in [0, 0.05) is 32.7 Å². The largest absolute Gasteiger partial charge is 0.352 e. The number of aryl methyl sites for hydroxylation is 1. The van der Waals surface area contributed by atoms with Gasteiger partial charge < -0.3 is 15.1 Å². The molecule has 0 bridgehead atoms. The van der Waals surface area contributed by atoms with Crippen molar-refractivity contribution in [2.75, 3.05) is 46.3 Å². The predicted molar refractivity (Wildman–Crippen MR) is 109 cm³/mol. The minimum Gasteiger partial charge on any atom is -0.352 e. The van der Waals surface area contributed by atoms with Crippen LogP contribution in [0.3, 0.4) is 0 Å². The van der Waals surface area contributed by atoms with Gasteiger partial charge in [0.05, 0.1) is 23.1 Å². The van der Waals surface area contributed by atoms with Crippen LogP contribution in [0.4, 0.5) is 0 Å². The number of hydrogen-bond donors (Lipinski definition) is 1. The summed E-state index contributed by atoms with van der Waals surface area (Å²) >= 11 is 0. The summed E-state index contributed by atoms with van der Waals surface area (Å²) in [5.41, 5.74) is 3.84. The van der Waals surface area contributed by atoms with E-state index in [0.717, 1.165) is 56.9 Å². The highest BCUT2D eigenvalue weighted by atomic mass is 16.1. The summed E-state index contributed by atoms with van der Waals surface area (Å²) in [5, 5.41) is 7.53. The molecule has 27 heavy (non-hydrogen) atoms. The normalized spacial score (nSPS) is 15.8. The van der Waals surface area contributed by atoms with E-state index in [4.69, 9.17) is 0 Å². The van der Waals surface area contributed by atoms with Gasteiger partial charge in [-0.05, 0) is 45.5 Å². The van der Waals surface area contributed by atoms with Gasteiger partial charge in [0.15, 0.2) is 0 Å². The van der Waals surface area contributed by atoms with Gasteiger partial charge in [0.25, 0.3) is 5.91 Å². The molecule has 0 spiro atoms. The molecule has 146 valence electrons. The number of benzene rings is 1. The molecule has 0 atom stereocenters. The highest BCUT2D eigenvalue weighted by molar-refractivity contribution is 5.95. The molecule has 1 aromatic carbocycles. The lowest BCUT2D eigenvalue weighted by molar-refractivity contribution is 0.0948. The van der Waals surface area contributed by atoms with Crippen LogP contribution in [0.5, 0.6) is 0 Å². The first-order valence-electron chi connectivity index (χ1n) is 9.91. The van der Waals surface area contributed by atoms with Crippen LogP contribution in [-0.2, 0) is 6.42 Å². The summed E-state index contributed by atoms with van der Waals surface area (Å²) in [6, 6.07) is 8.21. The molecule has 1 N–H and O–H groups in total. The number of amides is 1. The van der Waals surface area contributed by atoms with Crippen LogP contribution in [0, 0.1) is 6.92 Å². The molecule has 2 aromatic rings. The molecule has 2 heterocycles. The standard InChI is InChI=1S/C21H31N5O/c1-4-20-19(16-23-26(20)18-8-6-17(2)7-9-18)21(27)22-10-5-11-25-14-12-24(3)13-15-25/h6-9,16H,4-5,10-15H2,1-3H3,(H,22,27). The molecule has 6 nitrogen and oxygen atoms in total. The Bertz CT molecular complexity index is 744. The Hall–Kier alpha value is -2.18. The molecule has 0 saturated carbocycles. The third-order valence-corrected chi connectivity index (χ3v) is 5.26. The summed E-state index contributed by atoms with van der Waals surface area (Å²) in [6.07, 6.45) is 3.43. The van der Waals surface area contributed by atoms with Crippen LogP contribution in [0.1, 0.15) is 35.0 Å². The zero-order valence-corrected chi connectivity index (χ0v) is 16.7. The van der Waals surface area contributed by atoms with Gasteiger partial charge in [0.2, 0.25) is 0 Å². The number of carbonyl (C=O) groups is 1. The van der Waals surface area contributed by atoms with Crippen molar-refractivity contribution in [3.05, 3.63) is 47.3 Å². The monoisotopic (exact) mass is 369 g/mol. The summed E-state index contributed by atoms with van der Waals surface area (Å²) in [6.45, 7) is 10.4. The molecule has 1 aromatic heterocycles. The molecular weight excluding hydrogens is 338 g/mol. The second-order valence-electron chi connectivity index (χ2n) is 7.36. The minimum absolute atomic E-state index is 0.0245. The van der Waals surface area contributed by atoms with Gasteiger partial charge in [-0.3, -0.25) is 4.79 Å². The van der Waals surface area contributed by atoms with E-state index in [1.54, 1.807) is 6.20 Å². The van der Waals surface area contributed by atoms with Crippen molar-refractivity contribution in [2.24, 2.45) is 0 Å². The average Bonchev–Trinajstić information content (AvgIpc) is 3.11. The van der Waals surface area contributed by atoms with Gasteiger partial charge in [0.1, 0.15) is 0 Å². The number of aromatic nitrogens is 2. The Balaban J connectivity index is 1.54. The zero-order valence-electron chi connectivity index (χ0n) is 16.7. The molecule has 1 fully saturated rings. The first-order valence-corrected chi connectivity index (χ1v) is 9.91. The van der Waals surface area contributed by atoms with Gasteiger partial charge in [-0.1, -0.05) is 24.6 Å². The quantitative estimate of drug-likeness (QED) is 0.760. The first kappa shape index (κ1) is 19.6. The first-order chi connectivity index (χ1) is 13.1. The van der Waals surface area contributed by atoms with Crippen molar-refractivity contribution in [3.8, 4) is 5.69 Å². The maximum Gasteiger partial charge on any atom is 0.254 e. The third-order valence-electron chi connectivity index (χ3n) is 5.26. The topological polar surface area (TPSA) is 53.4 Å². The highest BCUT2D eigenvalue weighted by Gasteiger charge is 2.17. The lowest BCUT2D eigenvalue weighted by Crippen LogP contribution is -2.45. The van der Waals surface area contributed by atoms with Crippen LogP contribution in [0.2, 0.25) is 0 Å². The second kappa shape index (κ2) is 9.15. The molecular formula is C21H31N5O.